The van der Waals surface area contributed by atoms with E-state index in [1.54, 1.807) is 6.20 Å². The Bertz CT molecular complexity index is 580. The number of aromatic nitrogens is 1. The highest BCUT2D eigenvalue weighted by atomic mass is 16.5. The lowest BCUT2D eigenvalue weighted by molar-refractivity contribution is 0.122. The van der Waals surface area contributed by atoms with Crippen molar-refractivity contribution in [2.45, 2.75) is 0 Å². The van der Waals surface area contributed by atoms with Gasteiger partial charge in [0.2, 0.25) is 0 Å². The predicted molar refractivity (Wildman–Crippen MR) is 81.6 cm³/mol. The van der Waals surface area contributed by atoms with Gasteiger partial charge in [0.25, 0.3) is 0 Å². The molecule has 9 heteroatoms. The number of ether oxygens (including phenoxy) is 1. The van der Waals surface area contributed by atoms with Crippen LogP contribution in [0.15, 0.2) is 33.6 Å². The zero-order chi connectivity index (χ0) is 14.7. The Morgan fingerprint density at radius 1 is 1.14 bits per heavy atom. The molecule has 5 N–H and O–H groups in total. The van der Waals surface area contributed by atoms with E-state index in [1.807, 2.05) is 12.1 Å². The summed E-state index contributed by atoms with van der Waals surface area (Å²) >= 11 is 0. The van der Waals surface area contributed by atoms with Crippen LogP contribution in [-0.4, -0.2) is 48.7 Å². The molecule has 0 atom stereocenters. The number of nitrogens with two attached hydrogens (primary N) is 2. The molecule has 21 heavy (non-hydrogen) atoms. The summed E-state index contributed by atoms with van der Waals surface area (Å²) in [5.74, 6) is 1.30. The molecule has 110 valence electrons. The number of anilines is 2. The van der Waals surface area contributed by atoms with Crippen molar-refractivity contribution in [2.24, 2.45) is 26.8 Å². The summed E-state index contributed by atoms with van der Waals surface area (Å²) < 4.78 is 5.31. The molecule has 3 heterocycles. The number of morpholine rings is 1. The zero-order valence-electron chi connectivity index (χ0n) is 11.4. The van der Waals surface area contributed by atoms with Gasteiger partial charge in [-0.3, -0.25) is 5.43 Å². The van der Waals surface area contributed by atoms with Crippen LogP contribution in [-0.2, 0) is 4.74 Å². The van der Waals surface area contributed by atoms with Crippen molar-refractivity contribution in [1.82, 2.24) is 4.98 Å². The Morgan fingerprint density at radius 2 is 1.86 bits per heavy atom. The van der Waals surface area contributed by atoms with Gasteiger partial charge >= 0.3 is 0 Å². The standard InChI is InChI=1S/C12H16N8O/c13-11-10(12(14)19-18-11)17-16-8-1-2-9(15-7-8)20-3-5-21-6-4-20/h1-2,7,16H,3-6H2,(H4,13,14,17,18,19). The molecule has 0 aromatic carbocycles. The van der Waals surface area contributed by atoms with Gasteiger partial charge in [-0.2, -0.15) is 5.10 Å². The number of amidine groups is 2. The normalized spacial score (nSPS) is 18.3. The third kappa shape index (κ3) is 2.92. The van der Waals surface area contributed by atoms with E-state index in [-0.39, 0.29) is 11.7 Å². The van der Waals surface area contributed by atoms with E-state index < -0.39 is 0 Å². The fourth-order valence-corrected chi connectivity index (χ4v) is 2.00. The Labute approximate surface area is 121 Å². The molecule has 0 amide bonds. The van der Waals surface area contributed by atoms with Crippen LogP contribution >= 0.6 is 0 Å². The van der Waals surface area contributed by atoms with Crippen LogP contribution < -0.4 is 21.8 Å². The minimum Gasteiger partial charge on any atom is -0.380 e. The molecular weight excluding hydrogens is 272 g/mol. The number of nitrogens with zero attached hydrogens (tertiary/aromatic N) is 5. The summed E-state index contributed by atoms with van der Waals surface area (Å²) in [4.78, 5) is 6.57. The maximum absolute atomic E-state index is 5.61. The average molecular weight is 288 g/mol. The van der Waals surface area contributed by atoms with Crippen molar-refractivity contribution in [3.05, 3.63) is 18.3 Å². The van der Waals surface area contributed by atoms with E-state index in [1.165, 1.54) is 0 Å². The van der Waals surface area contributed by atoms with Gasteiger partial charge in [0.05, 0.1) is 25.1 Å². The molecule has 9 nitrogen and oxygen atoms in total. The molecule has 0 radical (unpaired) electrons. The van der Waals surface area contributed by atoms with Crippen LogP contribution in [0.1, 0.15) is 0 Å². The second-order valence-corrected chi connectivity index (χ2v) is 4.55. The zero-order valence-corrected chi connectivity index (χ0v) is 11.4. The van der Waals surface area contributed by atoms with Gasteiger partial charge in [0.1, 0.15) is 5.82 Å². The lowest BCUT2D eigenvalue weighted by Crippen LogP contribution is -2.36. The highest BCUT2D eigenvalue weighted by Gasteiger charge is 2.16. The van der Waals surface area contributed by atoms with Crippen LogP contribution in [0.25, 0.3) is 0 Å². The molecule has 0 aliphatic carbocycles. The summed E-state index contributed by atoms with van der Waals surface area (Å²) in [6.07, 6.45) is 1.70. The number of hydrogen-bond donors (Lipinski definition) is 3. The minimum atomic E-state index is 0.192. The summed E-state index contributed by atoms with van der Waals surface area (Å²) in [5.41, 5.74) is 15.1. The molecule has 0 saturated carbocycles. The van der Waals surface area contributed by atoms with Gasteiger partial charge in [-0.1, -0.05) is 0 Å². The van der Waals surface area contributed by atoms with Crippen LogP contribution in [0, 0.1) is 0 Å². The molecule has 2 aliphatic heterocycles. The van der Waals surface area contributed by atoms with Crippen LogP contribution in [0.5, 0.6) is 0 Å². The first-order valence-corrected chi connectivity index (χ1v) is 6.54. The van der Waals surface area contributed by atoms with E-state index in [2.05, 4.69) is 30.6 Å². The molecule has 1 aromatic heterocycles. The second kappa shape index (κ2) is 5.75. The topological polar surface area (TPSA) is 127 Å². The summed E-state index contributed by atoms with van der Waals surface area (Å²) in [5, 5.41) is 11.4. The number of hydrazone groups is 1. The largest absolute Gasteiger partial charge is 0.380 e. The first-order valence-electron chi connectivity index (χ1n) is 6.54. The van der Waals surface area contributed by atoms with Crippen molar-refractivity contribution in [1.29, 1.82) is 0 Å². The van der Waals surface area contributed by atoms with E-state index >= 15 is 0 Å². The average Bonchev–Trinajstić information content (AvgIpc) is 2.85. The quantitative estimate of drug-likeness (QED) is 0.633. The molecule has 0 unspecified atom stereocenters. The van der Waals surface area contributed by atoms with Crippen LogP contribution in [0.3, 0.4) is 0 Å². The van der Waals surface area contributed by atoms with Crippen molar-refractivity contribution < 1.29 is 4.74 Å². The lowest BCUT2D eigenvalue weighted by atomic mass is 10.3. The summed E-state index contributed by atoms with van der Waals surface area (Å²) in [6.45, 7) is 3.16. The Morgan fingerprint density at radius 3 is 2.48 bits per heavy atom. The summed E-state index contributed by atoms with van der Waals surface area (Å²) in [7, 11) is 0. The van der Waals surface area contributed by atoms with E-state index in [9.17, 15) is 0 Å². The number of pyridine rings is 1. The second-order valence-electron chi connectivity index (χ2n) is 4.55. The third-order valence-electron chi connectivity index (χ3n) is 3.13. The SMILES string of the molecule is NC1=NN=C(N)C1=NNc1ccc(N2CCOCC2)nc1. The lowest BCUT2D eigenvalue weighted by Gasteiger charge is -2.27. The maximum Gasteiger partial charge on any atom is 0.177 e. The highest BCUT2D eigenvalue weighted by molar-refractivity contribution is 6.68. The fourth-order valence-electron chi connectivity index (χ4n) is 2.00. The Kier molecular flexibility index (Phi) is 3.65. The van der Waals surface area contributed by atoms with Gasteiger partial charge < -0.3 is 21.1 Å². The monoisotopic (exact) mass is 288 g/mol. The molecule has 1 aromatic rings. The summed E-state index contributed by atoms with van der Waals surface area (Å²) in [6, 6.07) is 3.81. The van der Waals surface area contributed by atoms with Crippen molar-refractivity contribution in [2.75, 3.05) is 36.6 Å². The van der Waals surface area contributed by atoms with Crippen molar-refractivity contribution in [3.63, 3.8) is 0 Å². The van der Waals surface area contributed by atoms with E-state index in [0.717, 1.165) is 37.8 Å². The number of nitrogens with one attached hydrogen (secondary N) is 1. The molecular formula is C12H16N8O. The predicted octanol–water partition coefficient (Wildman–Crippen LogP) is -0.671. The molecule has 1 fully saturated rings. The smallest absolute Gasteiger partial charge is 0.177 e. The van der Waals surface area contributed by atoms with E-state index in [4.69, 9.17) is 16.2 Å². The van der Waals surface area contributed by atoms with Crippen molar-refractivity contribution >= 4 is 28.9 Å². The van der Waals surface area contributed by atoms with Gasteiger partial charge in [-0.15, -0.1) is 10.2 Å². The Balaban J connectivity index is 1.66. The number of rotatable bonds is 3. The van der Waals surface area contributed by atoms with Gasteiger partial charge in [0.15, 0.2) is 17.4 Å². The van der Waals surface area contributed by atoms with Gasteiger partial charge in [-0.05, 0) is 12.1 Å². The molecule has 0 bridgehead atoms. The molecule has 0 spiro atoms. The van der Waals surface area contributed by atoms with Crippen LogP contribution in [0.4, 0.5) is 11.5 Å². The molecule has 1 saturated heterocycles. The van der Waals surface area contributed by atoms with Gasteiger partial charge in [-0.25, -0.2) is 4.98 Å². The van der Waals surface area contributed by atoms with Crippen molar-refractivity contribution in [3.8, 4) is 0 Å². The van der Waals surface area contributed by atoms with E-state index in [0.29, 0.717) is 5.71 Å². The first kappa shape index (κ1) is 13.3. The molecule has 2 aliphatic rings. The third-order valence-corrected chi connectivity index (χ3v) is 3.13. The molecule has 3 rings (SSSR count). The van der Waals surface area contributed by atoms with Gasteiger partial charge in [0, 0.05) is 13.1 Å². The maximum atomic E-state index is 5.61. The highest BCUT2D eigenvalue weighted by Crippen LogP contribution is 2.15. The van der Waals surface area contributed by atoms with Crippen LogP contribution in [0.2, 0.25) is 0 Å². The fraction of sp³-hybridized carbons (Fsp3) is 0.333. The minimum absolute atomic E-state index is 0.192. The number of hydrogen-bond acceptors (Lipinski definition) is 9. The Hall–Kier alpha value is -2.68. The first-order chi connectivity index (χ1) is 10.2.